The molecular formula is C11H22N2O4. The van der Waals surface area contributed by atoms with Gasteiger partial charge in [-0.05, 0) is 0 Å². The highest BCUT2D eigenvalue weighted by Gasteiger charge is 2.18. The van der Waals surface area contributed by atoms with Crippen molar-refractivity contribution in [3.63, 3.8) is 0 Å². The summed E-state index contributed by atoms with van der Waals surface area (Å²) in [5, 5.41) is 2.95. The van der Waals surface area contributed by atoms with Crippen LogP contribution < -0.4 is 5.32 Å². The van der Waals surface area contributed by atoms with E-state index in [1.165, 1.54) is 12.0 Å². The Morgan fingerprint density at radius 1 is 1.35 bits per heavy atom. The van der Waals surface area contributed by atoms with Crippen molar-refractivity contribution >= 4 is 11.9 Å². The van der Waals surface area contributed by atoms with E-state index in [1.807, 2.05) is 0 Å². The van der Waals surface area contributed by atoms with E-state index >= 15 is 0 Å². The SMILES string of the molecule is COCCNCC(=O)N(C)CC(C)C(=O)OC. The maximum Gasteiger partial charge on any atom is 0.310 e. The Labute approximate surface area is 102 Å². The van der Waals surface area contributed by atoms with Crippen LogP contribution in [0.15, 0.2) is 0 Å². The van der Waals surface area contributed by atoms with Gasteiger partial charge in [0, 0.05) is 27.2 Å². The Balaban J connectivity index is 3.84. The number of esters is 1. The number of hydrogen-bond acceptors (Lipinski definition) is 5. The molecule has 17 heavy (non-hydrogen) atoms. The Morgan fingerprint density at radius 2 is 2.00 bits per heavy atom. The molecule has 0 heterocycles. The molecule has 0 rings (SSSR count). The van der Waals surface area contributed by atoms with Gasteiger partial charge in [0.2, 0.25) is 5.91 Å². The monoisotopic (exact) mass is 246 g/mol. The third-order valence-electron chi connectivity index (χ3n) is 2.34. The molecule has 1 amide bonds. The third kappa shape index (κ3) is 6.91. The minimum atomic E-state index is -0.312. The molecule has 0 aliphatic heterocycles. The Bertz CT molecular complexity index is 246. The largest absolute Gasteiger partial charge is 0.469 e. The van der Waals surface area contributed by atoms with Crippen LogP contribution in [0.1, 0.15) is 6.92 Å². The number of nitrogens with one attached hydrogen (secondary N) is 1. The molecular weight excluding hydrogens is 224 g/mol. The lowest BCUT2D eigenvalue weighted by Gasteiger charge is -2.20. The van der Waals surface area contributed by atoms with Crippen molar-refractivity contribution < 1.29 is 19.1 Å². The molecule has 1 N–H and O–H groups in total. The summed E-state index contributed by atoms with van der Waals surface area (Å²) in [5.41, 5.74) is 0. The first-order valence-corrected chi connectivity index (χ1v) is 5.54. The molecule has 0 aromatic rings. The average molecular weight is 246 g/mol. The number of carbonyl (C=O) groups excluding carboxylic acids is 2. The zero-order chi connectivity index (χ0) is 13.3. The van der Waals surface area contributed by atoms with E-state index in [0.717, 1.165) is 0 Å². The van der Waals surface area contributed by atoms with Gasteiger partial charge in [0.05, 0.1) is 26.2 Å². The summed E-state index contributed by atoms with van der Waals surface area (Å²) >= 11 is 0. The molecule has 0 fully saturated rings. The summed E-state index contributed by atoms with van der Waals surface area (Å²) in [6.45, 7) is 3.53. The second-order valence-corrected chi connectivity index (χ2v) is 3.87. The van der Waals surface area contributed by atoms with E-state index in [0.29, 0.717) is 19.7 Å². The van der Waals surface area contributed by atoms with Gasteiger partial charge in [-0.3, -0.25) is 9.59 Å². The first-order chi connectivity index (χ1) is 8.02. The number of nitrogens with zero attached hydrogens (tertiary/aromatic N) is 1. The summed E-state index contributed by atoms with van der Waals surface area (Å²) in [6.07, 6.45) is 0. The number of likely N-dealkylation sites (N-methyl/N-ethyl adjacent to an activating group) is 1. The van der Waals surface area contributed by atoms with E-state index in [-0.39, 0.29) is 24.3 Å². The van der Waals surface area contributed by atoms with Gasteiger partial charge in [-0.2, -0.15) is 0 Å². The number of amides is 1. The van der Waals surface area contributed by atoms with Gasteiger partial charge in [0.15, 0.2) is 0 Å². The lowest BCUT2D eigenvalue weighted by molar-refractivity contribution is -0.146. The standard InChI is InChI=1S/C11H22N2O4/c1-9(11(15)17-4)8-13(2)10(14)7-12-5-6-16-3/h9,12H,5-8H2,1-4H3. The number of ether oxygens (including phenoxy) is 2. The van der Waals surface area contributed by atoms with Gasteiger partial charge in [0.1, 0.15) is 0 Å². The maximum atomic E-state index is 11.6. The van der Waals surface area contributed by atoms with Gasteiger partial charge in [0.25, 0.3) is 0 Å². The van der Waals surface area contributed by atoms with E-state index < -0.39 is 0 Å². The predicted octanol–water partition coefficient (Wildman–Crippen LogP) is -0.510. The van der Waals surface area contributed by atoms with E-state index in [1.54, 1.807) is 21.1 Å². The maximum absolute atomic E-state index is 11.6. The van der Waals surface area contributed by atoms with Crippen molar-refractivity contribution in [1.29, 1.82) is 0 Å². The smallest absolute Gasteiger partial charge is 0.310 e. The molecule has 1 unspecified atom stereocenters. The molecule has 6 heteroatoms. The molecule has 0 aromatic carbocycles. The van der Waals surface area contributed by atoms with Gasteiger partial charge in [-0.1, -0.05) is 6.92 Å². The number of methoxy groups -OCH3 is 2. The molecule has 0 radical (unpaired) electrons. The number of rotatable bonds is 8. The second-order valence-electron chi connectivity index (χ2n) is 3.87. The minimum Gasteiger partial charge on any atom is -0.469 e. The van der Waals surface area contributed by atoms with Gasteiger partial charge >= 0.3 is 5.97 Å². The highest BCUT2D eigenvalue weighted by molar-refractivity contribution is 5.79. The minimum absolute atomic E-state index is 0.0585. The van der Waals surface area contributed by atoms with Crippen molar-refractivity contribution in [2.75, 3.05) is 47.5 Å². The van der Waals surface area contributed by atoms with Crippen molar-refractivity contribution in [3.05, 3.63) is 0 Å². The van der Waals surface area contributed by atoms with E-state index in [4.69, 9.17) is 4.74 Å². The number of carbonyl (C=O) groups is 2. The average Bonchev–Trinajstić information content (AvgIpc) is 2.32. The molecule has 0 aliphatic carbocycles. The highest BCUT2D eigenvalue weighted by atomic mass is 16.5. The second kappa shape index (κ2) is 8.95. The molecule has 1 atom stereocenters. The van der Waals surface area contributed by atoms with E-state index in [9.17, 15) is 9.59 Å². The third-order valence-corrected chi connectivity index (χ3v) is 2.34. The summed E-state index contributed by atoms with van der Waals surface area (Å²) in [7, 11) is 4.61. The van der Waals surface area contributed by atoms with Crippen molar-refractivity contribution in [2.24, 2.45) is 5.92 Å². The first-order valence-electron chi connectivity index (χ1n) is 5.54. The van der Waals surface area contributed by atoms with Crippen molar-refractivity contribution in [1.82, 2.24) is 10.2 Å². The Morgan fingerprint density at radius 3 is 2.53 bits per heavy atom. The number of hydrogen-bond donors (Lipinski definition) is 1. The van der Waals surface area contributed by atoms with Crippen LogP contribution in [0.3, 0.4) is 0 Å². The van der Waals surface area contributed by atoms with Crippen molar-refractivity contribution in [3.8, 4) is 0 Å². The van der Waals surface area contributed by atoms with E-state index in [2.05, 4.69) is 10.1 Å². The predicted molar refractivity (Wildman–Crippen MR) is 63.6 cm³/mol. The van der Waals surface area contributed by atoms with Crippen LogP contribution >= 0.6 is 0 Å². The van der Waals surface area contributed by atoms with Crippen molar-refractivity contribution in [2.45, 2.75) is 6.92 Å². The summed E-state index contributed by atoms with van der Waals surface area (Å²) < 4.78 is 9.44. The van der Waals surface area contributed by atoms with Crippen LogP contribution in [-0.4, -0.2) is 64.3 Å². The van der Waals surface area contributed by atoms with Crippen LogP contribution in [0, 0.1) is 5.92 Å². The van der Waals surface area contributed by atoms with Crippen LogP contribution in [-0.2, 0) is 19.1 Å². The molecule has 0 aromatic heterocycles. The summed E-state index contributed by atoms with van der Waals surface area (Å²) in [4.78, 5) is 24.3. The fraction of sp³-hybridized carbons (Fsp3) is 0.818. The van der Waals surface area contributed by atoms with Crippen LogP contribution in [0.2, 0.25) is 0 Å². The topological polar surface area (TPSA) is 67.9 Å². The fourth-order valence-electron chi connectivity index (χ4n) is 1.29. The molecule has 0 saturated heterocycles. The summed E-state index contributed by atoms with van der Waals surface area (Å²) in [5.74, 6) is -0.679. The zero-order valence-corrected chi connectivity index (χ0v) is 11.0. The summed E-state index contributed by atoms with van der Waals surface area (Å²) in [6, 6.07) is 0. The highest BCUT2D eigenvalue weighted by Crippen LogP contribution is 2.00. The molecule has 0 aliphatic rings. The van der Waals surface area contributed by atoms with Gasteiger partial charge in [-0.15, -0.1) is 0 Å². The van der Waals surface area contributed by atoms with Crippen LogP contribution in [0.5, 0.6) is 0 Å². The first kappa shape index (κ1) is 15.9. The van der Waals surface area contributed by atoms with Gasteiger partial charge < -0.3 is 19.7 Å². The molecule has 0 spiro atoms. The normalized spacial score (nSPS) is 12.0. The quantitative estimate of drug-likeness (QED) is 0.461. The van der Waals surface area contributed by atoms with Crippen LogP contribution in [0.4, 0.5) is 0 Å². The molecule has 0 bridgehead atoms. The van der Waals surface area contributed by atoms with Gasteiger partial charge in [-0.25, -0.2) is 0 Å². The molecule has 0 saturated carbocycles. The Hall–Kier alpha value is -1.14. The fourth-order valence-corrected chi connectivity index (χ4v) is 1.29. The Kier molecular flexibility index (Phi) is 8.35. The molecule has 100 valence electrons. The lowest BCUT2D eigenvalue weighted by Crippen LogP contribution is -2.40. The molecule has 6 nitrogen and oxygen atoms in total. The lowest BCUT2D eigenvalue weighted by atomic mass is 10.2. The van der Waals surface area contributed by atoms with Crippen LogP contribution in [0.25, 0.3) is 0 Å². The zero-order valence-electron chi connectivity index (χ0n) is 11.0.